The molecule has 5 rings (SSSR count). The first-order valence-electron chi connectivity index (χ1n) is 10.6. The number of benzene rings is 2. The number of nitrogens with zero attached hydrogens (tertiary/aromatic N) is 5. The maximum absolute atomic E-state index is 15.8. The summed E-state index contributed by atoms with van der Waals surface area (Å²) in [7, 11) is -4.83. The number of aromatic nitrogens is 5. The lowest BCUT2D eigenvalue weighted by molar-refractivity contribution is 0.521. The van der Waals surface area contributed by atoms with Crippen LogP contribution in [0.15, 0.2) is 66.0 Å². The van der Waals surface area contributed by atoms with Gasteiger partial charge in [0.2, 0.25) is 11.9 Å². The van der Waals surface area contributed by atoms with Crippen molar-refractivity contribution in [2.45, 2.75) is 4.90 Å². The lowest BCUT2D eigenvalue weighted by atomic mass is 10.1. The van der Waals surface area contributed by atoms with Crippen molar-refractivity contribution in [1.29, 1.82) is 0 Å². The Morgan fingerprint density at radius 2 is 1.53 bits per heavy atom. The number of rotatable bonds is 6. The minimum Gasteiger partial charge on any atom is -0.368 e. The van der Waals surface area contributed by atoms with E-state index in [1.807, 2.05) is 4.72 Å². The fourth-order valence-electron chi connectivity index (χ4n) is 3.48. The molecule has 0 aliphatic heterocycles. The van der Waals surface area contributed by atoms with Crippen LogP contribution in [0.2, 0.25) is 0 Å². The Morgan fingerprint density at radius 1 is 0.842 bits per heavy atom. The molecule has 5 N–H and O–H groups in total. The van der Waals surface area contributed by atoms with Gasteiger partial charge in [-0.1, -0.05) is 12.1 Å². The SMILES string of the molecule is Nc1ncc(-c2nc(-c3cccc(NS(=O)(=O)c4c(F)cccc4F)c3F)c(-c3ccnc(N)n3)s2)cn1. The van der Waals surface area contributed by atoms with Gasteiger partial charge in [-0.05, 0) is 30.3 Å². The summed E-state index contributed by atoms with van der Waals surface area (Å²) in [6, 6.07) is 7.95. The molecule has 0 saturated carbocycles. The molecule has 192 valence electrons. The fraction of sp³-hybridized carbons (Fsp3) is 0. The highest BCUT2D eigenvalue weighted by atomic mass is 32.2. The standard InChI is InChI=1S/C23H15F3N8O2S2/c24-13-4-2-5-14(25)20(13)38(35,36)34-15-6-1-3-12(17(15)26)18-19(16-7-8-29-23(28)32-16)37-21(33-18)11-9-30-22(27)31-10-11/h1-10,34H,(H2,27,30,31)(H2,28,29,32). The van der Waals surface area contributed by atoms with Gasteiger partial charge in [0.25, 0.3) is 10.0 Å². The number of halogens is 3. The number of sulfonamides is 1. The first-order valence-corrected chi connectivity index (χ1v) is 12.9. The molecular formula is C23H15F3N8O2S2. The lowest BCUT2D eigenvalue weighted by Crippen LogP contribution is -2.17. The molecule has 5 aromatic rings. The molecule has 0 fully saturated rings. The van der Waals surface area contributed by atoms with Gasteiger partial charge in [-0.2, -0.15) is 0 Å². The minimum absolute atomic E-state index is 0.0342. The Balaban J connectivity index is 1.64. The quantitative estimate of drug-likeness (QED) is 0.279. The van der Waals surface area contributed by atoms with E-state index in [2.05, 4.69) is 24.9 Å². The monoisotopic (exact) mass is 556 g/mol. The highest BCUT2D eigenvalue weighted by molar-refractivity contribution is 7.92. The van der Waals surface area contributed by atoms with Crippen LogP contribution < -0.4 is 16.2 Å². The van der Waals surface area contributed by atoms with Gasteiger partial charge in [0, 0.05) is 29.7 Å². The van der Waals surface area contributed by atoms with E-state index in [0.717, 1.165) is 35.6 Å². The number of anilines is 3. The normalized spacial score (nSPS) is 11.4. The molecule has 3 heterocycles. The molecule has 3 aromatic heterocycles. The van der Waals surface area contributed by atoms with Crippen LogP contribution in [-0.2, 0) is 10.0 Å². The second-order valence-corrected chi connectivity index (χ2v) is 10.3. The zero-order valence-corrected chi connectivity index (χ0v) is 20.6. The molecule has 0 spiro atoms. The van der Waals surface area contributed by atoms with Crippen molar-refractivity contribution in [3.05, 3.63) is 78.5 Å². The zero-order chi connectivity index (χ0) is 27.0. The van der Waals surface area contributed by atoms with Gasteiger partial charge in [0.15, 0.2) is 10.7 Å². The van der Waals surface area contributed by atoms with Gasteiger partial charge in [0.05, 0.1) is 22.0 Å². The van der Waals surface area contributed by atoms with E-state index in [-0.39, 0.29) is 23.2 Å². The Kier molecular flexibility index (Phi) is 6.38. The summed E-state index contributed by atoms with van der Waals surface area (Å²) in [4.78, 5) is 19.6. The van der Waals surface area contributed by atoms with Crippen molar-refractivity contribution in [1.82, 2.24) is 24.9 Å². The van der Waals surface area contributed by atoms with Crippen LogP contribution in [0.1, 0.15) is 0 Å². The first-order chi connectivity index (χ1) is 18.1. The van der Waals surface area contributed by atoms with Crippen molar-refractivity contribution in [3.8, 4) is 32.4 Å². The molecule has 0 amide bonds. The average molecular weight is 557 g/mol. The molecule has 38 heavy (non-hydrogen) atoms. The van der Waals surface area contributed by atoms with Gasteiger partial charge in [-0.15, -0.1) is 11.3 Å². The van der Waals surface area contributed by atoms with E-state index in [1.165, 1.54) is 30.7 Å². The van der Waals surface area contributed by atoms with Gasteiger partial charge >= 0.3 is 0 Å². The second-order valence-electron chi connectivity index (χ2n) is 7.65. The summed E-state index contributed by atoms with van der Waals surface area (Å²) >= 11 is 1.12. The van der Waals surface area contributed by atoms with Crippen LogP contribution in [-0.4, -0.2) is 33.3 Å². The van der Waals surface area contributed by atoms with E-state index in [4.69, 9.17) is 11.5 Å². The number of hydrogen-bond donors (Lipinski definition) is 3. The van der Waals surface area contributed by atoms with Crippen molar-refractivity contribution in [3.63, 3.8) is 0 Å². The molecule has 2 aromatic carbocycles. The van der Waals surface area contributed by atoms with Gasteiger partial charge in [-0.3, -0.25) is 4.72 Å². The maximum Gasteiger partial charge on any atom is 0.267 e. The third kappa shape index (κ3) is 4.71. The minimum atomic E-state index is -4.83. The molecule has 15 heteroatoms. The Bertz CT molecular complexity index is 1760. The predicted octanol–water partition coefficient (Wildman–Crippen LogP) is 4.11. The van der Waals surface area contributed by atoms with Crippen LogP contribution in [0, 0.1) is 17.5 Å². The summed E-state index contributed by atoms with van der Waals surface area (Å²) < 4.78 is 71.5. The molecule has 0 atom stereocenters. The molecule has 0 aliphatic carbocycles. The van der Waals surface area contributed by atoms with Gasteiger partial charge < -0.3 is 11.5 Å². The highest BCUT2D eigenvalue weighted by Crippen LogP contribution is 2.41. The molecule has 0 bridgehead atoms. The molecule has 0 radical (unpaired) electrons. The van der Waals surface area contributed by atoms with Crippen molar-refractivity contribution in [2.24, 2.45) is 0 Å². The van der Waals surface area contributed by atoms with Gasteiger partial charge in [0.1, 0.15) is 16.6 Å². The molecule has 0 aliphatic rings. The van der Waals surface area contributed by atoms with Crippen molar-refractivity contribution < 1.29 is 21.6 Å². The Hall–Kier alpha value is -4.63. The van der Waals surface area contributed by atoms with Crippen molar-refractivity contribution >= 4 is 38.9 Å². The van der Waals surface area contributed by atoms with E-state index < -0.39 is 38.1 Å². The summed E-state index contributed by atoms with van der Waals surface area (Å²) in [6.45, 7) is 0. The van der Waals surface area contributed by atoms with Crippen molar-refractivity contribution in [2.75, 3.05) is 16.2 Å². The Morgan fingerprint density at radius 3 is 2.21 bits per heavy atom. The second kappa shape index (κ2) is 9.68. The number of nitrogens with two attached hydrogens (primary N) is 2. The first kappa shape index (κ1) is 25.0. The van der Waals surface area contributed by atoms with Crippen LogP contribution in [0.3, 0.4) is 0 Å². The van der Waals surface area contributed by atoms with Crippen LogP contribution in [0.4, 0.5) is 30.8 Å². The van der Waals surface area contributed by atoms with E-state index in [9.17, 15) is 17.2 Å². The fourth-order valence-corrected chi connectivity index (χ4v) is 5.70. The third-order valence-electron chi connectivity index (χ3n) is 5.14. The summed E-state index contributed by atoms with van der Waals surface area (Å²) in [5, 5.41) is 0.381. The molecule has 0 saturated heterocycles. The Labute approximate surface area is 217 Å². The zero-order valence-electron chi connectivity index (χ0n) is 18.9. The predicted molar refractivity (Wildman–Crippen MR) is 136 cm³/mol. The summed E-state index contributed by atoms with van der Waals surface area (Å²) in [5.74, 6) is -3.68. The number of hydrogen-bond acceptors (Lipinski definition) is 10. The summed E-state index contributed by atoms with van der Waals surface area (Å²) in [6.07, 6.45) is 4.29. The highest BCUT2D eigenvalue weighted by Gasteiger charge is 2.27. The average Bonchev–Trinajstić information content (AvgIpc) is 3.31. The van der Waals surface area contributed by atoms with E-state index in [1.54, 1.807) is 6.07 Å². The van der Waals surface area contributed by atoms with E-state index >= 15 is 4.39 Å². The molecule has 0 unspecified atom stereocenters. The van der Waals surface area contributed by atoms with Crippen LogP contribution >= 0.6 is 11.3 Å². The lowest BCUT2D eigenvalue weighted by Gasteiger charge is -2.12. The maximum atomic E-state index is 15.8. The molecular weight excluding hydrogens is 541 g/mol. The van der Waals surface area contributed by atoms with Crippen LogP contribution in [0.25, 0.3) is 32.4 Å². The topological polar surface area (TPSA) is 163 Å². The smallest absolute Gasteiger partial charge is 0.267 e. The number of nitrogens with one attached hydrogen (secondary N) is 1. The van der Waals surface area contributed by atoms with Gasteiger partial charge in [-0.25, -0.2) is 46.5 Å². The number of nitrogen functional groups attached to an aromatic ring is 2. The third-order valence-corrected chi connectivity index (χ3v) is 7.68. The van der Waals surface area contributed by atoms with Crippen LogP contribution in [0.5, 0.6) is 0 Å². The largest absolute Gasteiger partial charge is 0.368 e. The van der Waals surface area contributed by atoms with E-state index in [0.29, 0.717) is 21.1 Å². The summed E-state index contributed by atoms with van der Waals surface area (Å²) in [5.41, 5.74) is 11.5. The number of thiazole rings is 1. The molecule has 10 nitrogen and oxygen atoms in total.